The van der Waals surface area contributed by atoms with Crippen LogP contribution in [0.4, 0.5) is 5.69 Å². The van der Waals surface area contributed by atoms with Gasteiger partial charge in [0.25, 0.3) is 5.91 Å². The van der Waals surface area contributed by atoms with Crippen LogP contribution >= 0.6 is 0 Å². The van der Waals surface area contributed by atoms with E-state index >= 15 is 0 Å². The number of nitrogens with two attached hydrogens (primary N) is 1. The van der Waals surface area contributed by atoms with Gasteiger partial charge in [-0.2, -0.15) is 5.10 Å². The van der Waals surface area contributed by atoms with Crippen molar-refractivity contribution in [3.63, 3.8) is 0 Å². The predicted octanol–water partition coefficient (Wildman–Crippen LogP) is -0.573. The monoisotopic (exact) mass is 375 g/mol. The zero-order valence-corrected chi connectivity index (χ0v) is 15.1. The lowest BCUT2D eigenvalue weighted by molar-refractivity contribution is -0.345. The van der Waals surface area contributed by atoms with Crippen LogP contribution in [0.2, 0.25) is 0 Å². The molecule has 1 aliphatic heterocycles. The molecule has 9 nitrogen and oxygen atoms in total. The van der Waals surface area contributed by atoms with Crippen LogP contribution in [-0.2, 0) is 14.3 Å². The number of benzene rings is 1. The highest BCUT2D eigenvalue weighted by atomic mass is 16.5. The standard InChI is InChI=1S/C18H22N4O5/c1-12(23)27-16-3-2-8-22(11-16)18(26)13-4-6-14(7-5-13)20-10-15(21-19)9-17(24)25/h4-7,10,16H,2-3,8-9,11,19H2,1H3,(H,24,25)/p+1. The van der Waals surface area contributed by atoms with Gasteiger partial charge < -0.3 is 20.6 Å². The Morgan fingerprint density at radius 1 is 1.37 bits per heavy atom. The Morgan fingerprint density at radius 2 is 2.07 bits per heavy atom. The van der Waals surface area contributed by atoms with Gasteiger partial charge in [0, 0.05) is 31.2 Å². The lowest BCUT2D eigenvalue weighted by atomic mass is 10.1. The Labute approximate surface area is 156 Å². The first kappa shape index (κ1) is 20.1. The number of likely N-dealkylation sites (tertiary alicyclic amines) is 1. The highest BCUT2D eigenvalue weighted by molar-refractivity contribution is 6.32. The summed E-state index contributed by atoms with van der Waals surface area (Å²) in [5.41, 5.74) is 1.37. The molecule has 0 saturated carbocycles. The molecule has 1 heterocycles. The van der Waals surface area contributed by atoms with E-state index in [0.29, 0.717) is 24.3 Å². The molecule has 2 rings (SSSR count). The van der Waals surface area contributed by atoms with Crippen molar-refractivity contribution in [1.29, 1.82) is 0 Å². The van der Waals surface area contributed by atoms with Gasteiger partial charge in [-0.3, -0.25) is 14.4 Å². The summed E-state index contributed by atoms with van der Waals surface area (Å²) in [5.74, 6) is 3.64. The quantitative estimate of drug-likeness (QED) is 0.264. The number of ether oxygens (including phenoxy) is 1. The average Bonchev–Trinajstić information content (AvgIpc) is 2.64. The highest BCUT2D eigenvalue weighted by Gasteiger charge is 2.26. The van der Waals surface area contributed by atoms with Crippen molar-refractivity contribution in [3.8, 4) is 0 Å². The molecule has 1 fully saturated rings. The number of carboxylic acid groups (broad SMARTS) is 1. The van der Waals surface area contributed by atoms with Gasteiger partial charge >= 0.3 is 11.9 Å². The zero-order chi connectivity index (χ0) is 19.8. The number of carbonyl (C=O) groups is 3. The minimum atomic E-state index is -1.04. The molecule has 0 aromatic heterocycles. The molecule has 1 saturated heterocycles. The number of esters is 1. The van der Waals surface area contributed by atoms with Gasteiger partial charge in [-0.15, -0.1) is 0 Å². The summed E-state index contributed by atoms with van der Waals surface area (Å²) >= 11 is 0. The molecule has 1 aromatic carbocycles. The van der Waals surface area contributed by atoms with E-state index in [1.165, 1.54) is 13.1 Å². The Balaban J connectivity index is 2.00. The number of hydrazone groups is 1. The van der Waals surface area contributed by atoms with Crippen LogP contribution in [0.15, 0.2) is 29.4 Å². The maximum absolute atomic E-state index is 12.6. The fraction of sp³-hybridized carbons (Fsp3) is 0.389. The first-order valence-electron chi connectivity index (χ1n) is 8.54. The topological polar surface area (TPSA) is 136 Å². The fourth-order valence-electron chi connectivity index (χ4n) is 2.80. The molecule has 144 valence electrons. The number of piperidine rings is 1. The van der Waals surface area contributed by atoms with Crippen LogP contribution in [0.5, 0.6) is 0 Å². The summed E-state index contributed by atoms with van der Waals surface area (Å²) < 4.78 is 5.21. The predicted molar refractivity (Wildman–Crippen MR) is 97.7 cm³/mol. The molecule has 1 atom stereocenters. The number of amides is 1. The number of carbonyl (C=O) groups excluding carboxylic acids is 2. The maximum Gasteiger partial charge on any atom is 0.309 e. The molecule has 1 unspecified atom stereocenters. The smallest absolute Gasteiger partial charge is 0.309 e. The summed E-state index contributed by atoms with van der Waals surface area (Å²) in [6.07, 6.45) is 2.38. The molecule has 1 aromatic rings. The molecule has 0 radical (unpaired) electrons. The molecule has 0 aliphatic carbocycles. The number of nitrogens with one attached hydrogen (secondary N) is 1. The largest absolute Gasteiger partial charge is 0.481 e. The van der Waals surface area contributed by atoms with Gasteiger partial charge in [0.15, 0.2) is 6.21 Å². The molecule has 1 amide bonds. The van der Waals surface area contributed by atoms with Gasteiger partial charge in [0.05, 0.1) is 13.0 Å². The summed E-state index contributed by atoms with van der Waals surface area (Å²) in [4.78, 5) is 39.0. The fourth-order valence-corrected chi connectivity index (χ4v) is 2.80. The van der Waals surface area contributed by atoms with Crippen LogP contribution in [0, 0.1) is 0 Å². The Bertz CT molecular complexity index is 758. The second-order valence-corrected chi connectivity index (χ2v) is 6.18. The van der Waals surface area contributed by atoms with E-state index in [1.54, 1.807) is 29.2 Å². The van der Waals surface area contributed by atoms with E-state index in [9.17, 15) is 14.4 Å². The molecule has 27 heavy (non-hydrogen) atoms. The van der Waals surface area contributed by atoms with Crippen LogP contribution in [0.3, 0.4) is 0 Å². The number of aliphatic carboxylic acids is 1. The lowest BCUT2D eigenvalue weighted by Gasteiger charge is -2.32. The second kappa shape index (κ2) is 9.46. The third-order valence-corrected chi connectivity index (χ3v) is 4.03. The van der Waals surface area contributed by atoms with Crippen LogP contribution in [0.25, 0.3) is 0 Å². The number of rotatable bonds is 6. The van der Waals surface area contributed by atoms with Gasteiger partial charge in [0.1, 0.15) is 11.8 Å². The highest BCUT2D eigenvalue weighted by Crippen LogP contribution is 2.17. The Hall–Kier alpha value is -3.23. The van der Waals surface area contributed by atoms with E-state index in [4.69, 9.17) is 15.7 Å². The van der Waals surface area contributed by atoms with Gasteiger partial charge in [-0.05, 0) is 25.0 Å². The van der Waals surface area contributed by atoms with Crippen molar-refractivity contribution in [2.24, 2.45) is 10.9 Å². The van der Waals surface area contributed by atoms with E-state index in [2.05, 4.69) is 10.1 Å². The number of nitrogens with zero attached hydrogens (tertiary/aromatic N) is 2. The molecule has 4 N–H and O–H groups in total. The number of carboxylic acids is 1. The summed E-state index contributed by atoms with van der Waals surface area (Å²) in [6.45, 7) is 2.37. The summed E-state index contributed by atoms with van der Waals surface area (Å²) in [7, 11) is 0. The second-order valence-electron chi connectivity index (χ2n) is 6.18. The van der Waals surface area contributed by atoms with Crippen molar-refractivity contribution in [3.05, 3.63) is 29.8 Å². The van der Waals surface area contributed by atoms with Gasteiger partial charge in [-0.25, -0.2) is 4.99 Å². The van der Waals surface area contributed by atoms with E-state index in [-0.39, 0.29) is 30.1 Å². The molecule has 0 spiro atoms. The molecular formula is C18H23N4O5+. The lowest BCUT2D eigenvalue weighted by Crippen LogP contribution is -2.63. The van der Waals surface area contributed by atoms with Crippen LogP contribution < -0.4 is 10.8 Å². The molecule has 9 heteroatoms. The SMILES string of the molecule is CC(=O)OC1CCCN(C(=O)c2ccc([NH+]=CC(CC(=O)O)=NN)cc2)C1. The van der Waals surface area contributed by atoms with Crippen molar-refractivity contribution >= 4 is 35.5 Å². The van der Waals surface area contributed by atoms with Crippen molar-refractivity contribution in [1.82, 2.24) is 4.90 Å². The zero-order valence-electron chi connectivity index (χ0n) is 15.1. The number of hydrogen-bond donors (Lipinski definition) is 3. The molecular weight excluding hydrogens is 352 g/mol. The first-order chi connectivity index (χ1) is 12.9. The Kier molecular flexibility index (Phi) is 7.04. The first-order valence-corrected chi connectivity index (χ1v) is 8.54. The number of hydrogen-bond acceptors (Lipinski definition) is 6. The van der Waals surface area contributed by atoms with Crippen molar-refractivity contribution in [2.45, 2.75) is 32.3 Å². The van der Waals surface area contributed by atoms with E-state index < -0.39 is 5.97 Å². The van der Waals surface area contributed by atoms with Gasteiger partial charge in [-0.1, -0.05) is 0 Å². The van der Waals surface area contributed by atoms with Gasteiger partial charge in [0.2, 0.25) is 5.69 Å². The van der Waals surface area contributed by atoms with Crippen molar-refractivity contribution in [2.75, 3.05) is 13.1 Å². The summed E-state index contributed by atoms with van der Waals surface area (Å²) in [6, 6.07) is 6.74. The summed E-state index contributed by atoms with van der Waals surface area (Å²) in [5, 5.41) is 12.1. The van der Waals surface area contributed by atoms with E-state index in [1.807, 2.05) is 0 Å². The van der Waals surface area contributed by atoms with Crippen molar-refractivity contribution < 1.29 is 29.2 Å². The van der Waals surface area contributed by atoms with Crippen LogP contribution in [-0.4, -0.2) is 59.0 Å². The third kappa shape index (κ3) is 6.21. The van der Waals surface area contributed by atoms with Crippen LogP contribution in [0.1, 0.15) is 36.5 Å². The minimum Gasteiger partial charge on any atom is -0.481 e. The Morgan fingerprint density at radius 3 is 2.67 bits per heavy atom. The maximum atomic E-state index is 12.6. The normalized spacial score (nSPS) is 17.7. The molecule has 1 aliphatic rings. The average molecular weight is 375 g/mol. The van der Waals surface area contributed by atoms with E-state index in [0.717, 1.165) is 12.8 Å². The molecule has 0 bridgehead atoms. The minimum absolute atomic E-state index is 0.127. The third-order valence-electron chi connectivity index (χ3n) is 4.03.